The van der Waals surface area contributed by atoms with Gasteiger partial charge >= 0.3 is 0 Å². The number of hydrogen-bond acceptors (Lipinski definition) is 2. The molecule has 3 heteroatoms. The zero-order valence-corrected chi connectivity index (χ0v) is 11.7. The number of carbonyl (C=O) groups excluding carboxylic acids is 1. The Morgan fingerprint density at radius 2 is 2.35 bits per heavy atom. The van der Waals surface area contributed by atoms with Gasteiger partial charge in [-0.15, -0.1) is 11.3 Å². The van der Waals surface area contributed by atoms with Crippen LogP contribution in [0.3, 0.4) is 0 Å². The van der Waals surface area contributed by atoms with Crippen LogP contribution in [-0.4, -0.2) is 12.5 Å². The van der Waals surface area contributed by atoms with E-state index in [1.165, 1.54) is 16.9 Å². The standard InChI is InChI=1S/C14H21NOS/c1-9(2)7-15-14(16)12-8-17-13-6-10(3)4-5-11(12)13/h8-10H,4-7H2,1-3H3,(H,15,16). The molecule has 1 aliphatic rings. The van der Waals surface area contributed by atoms with Crippen molar-refractivity contribution in [2.45, 2.75) is 40.0 Å². The summed E-state index contributed by atoms with van der Waals surface area (Å²) in [7, 11) is 0. The van der Waals surface area contributed by atoms with Gasteiger partial charge in [-0.25, -0.2) is 0 Å². The molecule has 1 aromatic heterocycles. The number of fused-ring (bicyclic) bond motifs is 1. The van der Waals surface area contributed by atoms with Crippen LogP contribution >= 0.6 is 11.3 Å². The highest BCUT2D eigenvalue weighted by Crippen LogP contribution is 2.32. The smallest absolute Gasteiger partial charge is 0.252 e. The number of amides is 1. The summed E-state index contributed by atoms with van der Waals surface area (Å²) in [5.41, 5.74) is 2.24. The highest BCUT2D eigenvalue weighted by molar-refractivity contribution is 7.10. The van der Waals surface area contributed by atoms with E-state index in [1.807, 2.05) is 5.38 Å². The monoisotopic (exact) mass is 251 g/mol. The second-order valence-corrected chi connectivity index (χ2v) is 6.47. The SMILES string of the molecule is CC(C)CNC(=O)c1csc2c1CCC(C)C2. The average molecular weight is 251 g/mol. The van der Waals surface area contributed by atoms with Crippen LogP contribution in [0.4, 0.5) is 0 Å². The number of nitrogens with one attached hydrogen (secondary N) is 1. The molecule has 2 nitrogen and oxygen atoms in total. The summed E-state index contributed by atoms with van der Waals surface area (Å²) in [5.74, 6) is 1.40. The third kappa shape index (κ3) is 2.89. The van der Waals surface area contributed by atoms with E-state index < -0.39 is 0 Å². The number of thiophene rings is 1. The van der Waals surface area contributed by atoms with E-state index in [-0.39, 0.29) is 5.91 Å². The van der Waals surface area contributed by atoms with Gasteiger partial charge in [-0.3, -0.25) is 4.79 Å². The Balaban J connectivity index is 2.09. The second kappa shape index (κ2) is 5.21. The van der Waals surface area contributed by atoms with Crippen LogP contribution < -0.4 is 5.32 Å². The van der Waals surface area contributed by atoms with Gasteiger partial charge in [-0.1, -0.05) is 20.8 Å². The maximum Gasteiger partial charge on any atom is 0.252 e. The normalized spacial score (nSPS) is 19.2. The summed E-state index contributed by atoms with van der Waals surface area (Å²) in [4.78, 5) is 13.5. The van der Waals surface area contributed by atoms with Gasteiger partial charge < -0.3 is 5.32 Å². The van der Waals surface area contributed by atoms with Crippen LogP contribution in [0.1, 0.15) is 48.0 Å². The topological polar surface area (TPSA) is 29.1 Å². The Hall–Kier alpha value is -0.830. The van der Waals surface area contributed by atoms with E-state index >= 15 is 0 Å². The van der Waals surface area contributed by atoms with E-state index in [2.05, 4.69) is 26.1 Å². The molecule has 1 N–H and O–H groups in total. The molecule has 1 aliphatic carbocycles. The van der Waals surface area contributed by atoms with Crippen molar-refractivity contribution in [3.63, 3.8) is 0 Å². The van der Waals surface area contributed by atoms with Crippen molar-refractivity contribution in [1.29, 1.82) is 0 Å². The lowest BCUT2D eigenvalue weighted by molar-refractivity contribution is 0.0948. The minimum Gasteiger partial charge on any atom is -0.352 e. The molecule has 1 unspecified atom stereocenters. The molecule has 1 amide bonds. The molecular formula is C14H21NOS. The first-order chi connectivity index (χ1) is 8.08. The lowest BCUT2D eigenvalue weighted by Gasteiger charge is -2.19. The van der Waals surface area contributed by atoms with Crippen LogP contribution in [0.2, 0.25) is 0 Å². The van der Waals surface area contributed by atoms with Crippen LogP contribution in [0.5, 0.6) is 0 Å². The minimum atomic E-state index is 0.116. The van der Waals surface area contributed by atoms with Crippen molar-refractivity contribution in [3.8, 4) is 0 Å². The van der Waals surface area contributed by atoms with Gasteiger partial charge in [0.05, 0.1) is 5.56 Å². The van der Waals surface area contributed by atoms with E-state index in [1.54, 1.807) is 11.3 Å². The van der Waals surface area contributed by atoms with Crippen molar-refractivity contribution in [2.24, 2.45) is 11.8 Å². The summed E-state index contributed by atoms with van der Waals surface area (Å²) in [6.07, 6.45) is 3.44. The van der Waals surface area contributed by atoms with E-state index in [0.29, 0.717) is 5.92 Å². The zero-order valence-electron chi connectivity index (χ0n) is 10.9. The minimum absolute atomic E-state index is 0.116. The lowest BCUT2D eigenvalue weighted by Crippen LogP contribution is -2.28. The largest absolute Gasteiger partial charge is 0.352 e. The van der Waals surface area contributed by atoms with Gasteiger partial charge in [-0.05, 0) is 36.7 Å². The quantitative estimate of drug-likeness (QED) is 0.877. The molecule has 1 aromatic rings. The maximum absolute atomic E-state index is 12.1. The van der Waals surface area contributed by atoms with E-state index in [0.717, 1.165) is 30.9 Å². The molecule has 0 saturated carbocycles. The summed E-state index contributed by atoms with van der Waals surface area (Å²) in [6, 6.07) is 0. The van der Waals surface area contributed by atoms with E-state index in [9.17, 15) is 4.79 Å². The van der Waals surface area contributed by atoms with Gasteiger partial charge in [0.25, 0.3) is 5.91 Å². The van der Waals surface area contributed by atoms with Crippen molar-refractivity contribution in [1.82, 2.24) is 5.32 Å². The fraction of sp³-hybridized carbons (Fsp3) is 0.643. The maximum atomic E-state index is 12.1. The summed E-state index contributed by atoms with van der Waals surface area (Å²) >= 11 is 1.76. The van der Waals surface area contributed by atoms with Crippen molar-refractivity contribution >= 4 is 17.2 Å². The van der Waals surface area contributed by atoms with Crippen LogP contribution in [-0.2, 0) is 12.8 Å². The van der Waals surface area contributed by atoms with Crippen LogP contribution in [0.25, 0.3) is 0 Å². The molecule has 0 saturated heterocycles. The molecule has 1 atom stereocenters. The Labute approximate surface area is 107 Å². The molecule has 0 aliphatic heterocycles. The van der Waals surface area contributed by atoms with Gasteiger partial charge in [0.2, 0.25) is 0 Å². The summed E-state index contributed by atoms with van der Waals surface area (Å²) in [5, 5.41) is 5.05. The highest BCUT2D eigenvalue weighted by atomic mass is 32.1. The van der Waals surface area contributed by atoms with Gasteiger partial charge in [0, 0.05) is 16.8 Å². The molecule has 0 aromatic carbocycles. The zero-order chi connectivity index (χ0) is 12.4. The fourth-order valence-electron chi connectivity index (χ4n) is 2.26. The Morgan fingerprint density at radius 1 is 1.59 bits per heavy atom. The molecule has 1 heterocycles. The highest BCUT2D eigenvalue weighted by Gasteiger charge is 2.22. The van der Waals surface area contributed by atoms with Crippen molar-refractivity contribution in [3.05, 3.63) is 21.4 Å². The molecule has 0 fully saturated rings. The first-order valence-corrected chi connectivity index (χ1v) is 7.33. The molecule has 2 rings (SSSR count). The number of rotatable bonds is 3. The average Bonchev–Trinajstić information content (AvgIpc) is 2.68. The summed E-state index contributed by atoms with van der Waals surface area (Å²) in [6.45, 7) is 7.29. The van der Waals surface area contributed by atoms with Crippen molar-refractivity contribution < 1.29 is 4.79 Å². The summed E-state index contributed by atoms with van der Waals surface area (Å²) < 4.78 is 0. The molecule has 17 heavy (non-hydrogen) atoms. The Morgan fingerprint density at radius 3 is 3.06 bits per heavy atom. The van der Waals surface area contributed by atoms with Crippen LogP contribution in [0.15, 0.2) is 5.38 Å². The third-order valence-electron chi connectivity index (χ3n) is 3.32. The molecule has 94 valence electrons. The first-order valence-electron chi connectivity index (χ1n) is 6.45. The molecule has 0 radical (unpaired) electrons. The van der Waals surface area contributed by atoms with E-state index in [4.69, 9.17) is 0 Å². The number of hydrogen-bond donors (Lipinski definition) is 1. The fourth-order valence-corrected chi connectivity index (χ4v) is 3.50. The van der Waals surface area contributed by atoms with Gasteiger partial charge in [0.1, 0.15) is 0 Å². The second-order valence-electron chi connectivity index (χ2n) is 5.50. The predicted octanol–water partition coefficient (Wildman–Crippen LogP) is 3.26. The Kier molecular flexibility index (Phi) is 3.87. The molecule has 0 bridgehead atoms. The molecule has 0 spiro atoms. The first kappa shape index (κ1) is 12.6. The van der Waals surface area contributed by atoms with Crippen LogP contribution in [0, 0.1) is 11.8 Å². The lowest BCUT2D eigenvalue weighted by atomic mass is 9.88. The van der Waals surface area contributed by atoms with Gasteiger partial charge in [-0.2, -0.15) is 0 Å². The van der Waals surface area contributed by atoms with Crippen molar-refractivity contribution in [2.75, 3.05) is 6.54 Å². The predicted molar refractivity (Wildman–Crippen MR) is 72.7 cm³/mol. The van der Waals surface area contributed by atoms with Gasteiger partial charge in [0.15, 0.2) is 0 Å². The number of carbonyl (C=O) groups is 1. The Bertz CT molecular complexity index is 408. The molecular weight excluding hydrogens is 230 g/mol. The third-order valence-corrected chi connectivity index (χ3v) is 4.37.